The molecule has 0 fully saturated rings. The predicted molar refractivity (Wildman–Crippen MR) is 106 cm³/mol. The Bertz CT molecular complexity index is 1110. The van der Waals surface area contributed by atoms with E-state index in [1.54, 1.807) is 30.3 Å². The van der Waals surface area contributed by atoms with Gasteiger partial charge < -0.3 is 9.94 Å². The van der Waals surface area contributed by atoms with Crippen LogP contribution in [0, 0.1) is 41.7 Å². The molecule has 0 unspecified atom stereocenters. The zero-order valence-electron chi connectivity index (χ0n) is 15.0. The Balaban J connectivity index is 1.94. The van der Waals surface area contributed by atoms with E-state index in [4.69, 9.17) is 15.3 Å². The summed E-state index contributed by atoms with van der Waals surface area (Å²) in [6, 6.07) is 12.3. The van der Waals surface area contributed by atoms with Gasteiger partial charge >= 0.3 is 0 Å². The quantitative estimate of drug-likeness (QED) is 0.481. The highest BCUT2D eigenvalue weighted by molar-refractivity contribution is 9.10. The van der Waals surface area contributed by atoms with Gasteiger partial charge in [-0.3, -0.25) is 0 Å². The van der Waals surface area contributed by atoms with E-state index in [2.05, 4.69) is 32.3 Å². The number of halogens is 1. The number of nitrogens with one attached hydrogen (secondary N) is 1. The summed E-state index contributed by atoms with van der Waals surface area (Å²) >= 11 is 3.34. The van der Waals surface area contributed by atoms with Gasteiger partial charge in [0.1, 0.15) is 22.5 Å². The molecule has 0 amide bonds. The summed E-state index contributed by atoms with van der Waals surface area (Å²) in [5, 5.41) is 33.1. The Morgan fingerprint density at radius 3 is 2.36 bits per heavy atom. The summed E-state index contributed by atoms with van der Waals surface area (Å²) < 4.78 is 7.15. The molecule has 2 heterocycles. The first-order chi connectivity index (χ1) is 13.4. The van der Waals surface area contributed by atoms with E-state index in [1.807, 2.05) is 19.9 Å². The largest absolute Gasteiger partial charge is 0.711 e. The van der Waals surface area contributed by atoms with Gasteiger partial charge in [-0.1, -0.05) is 0 Å². The molecule has 1 N–H and O–H groups in total. The van der Waals surface area contributed by atoms with Crippen LogP contribution in [-0.4, -0.2) is 4.98 Å². The first-order valence-electron chi connectivity index (χ1n) is 8.16. The van der Waals surface area contributed by atoms with E-state index in [1.165, 1.54) is 12.4 Å². The highest BCUT2D eigenvalue weighted by Crippen LogP contribution is 2.34. The molecule has 3 aromatic rings. The fourth-order valence-electron chi connectivity index (χ4n) is 2.61. The van der Waals surface area contributed by atoms with Crippen LogP contribution in [0.3, 0.4) is 0 Å². The molecule has 7 nitrogen and oxygen atoms in total. The van der Waals surface area contributed by atoms with Crippen molar-refractivity contribution in [3.05, 3.63) is 74.7 Å². The minimum Gasteiger partial charge on any atom is -0.711 e. The molecule has 28 heavy (non-hydrogen) atoms. The highest BCUT2D eigenvalue weighted by atomic mass is 79.9. The molecule has 0 aliphatic carbocycles. The fraction of sp³-hybridized carbons (Fsp3) is 0.100. The van der Waals surface area contributed by atoms with Crippen LogP contribution in [0.5, 0.6) is 11.5 Å². The maximum atomic E-state index is 12.2. The van der Waals surface area contributed by atoms with Gasteiger partial charge in [-0.05, 0) is 59.1 Å². The lowest BCUT2D eigenvalue weighted by Crippen LogP contribution is -2.29. The number of aromatic nitrogens is 2. The van der Waals surface area contributed by atoms with Crippen molar-refractivity contribution in [1.82, 2.24) is 4.98 Å². The first kappa shape index (κ1) is 19.2. The maximum absolute atomic E-state index is 12.2. The Morgan fingerprint density at radius 2 is 1.79 bits per heavy atom. The predicted octanol–water partition coefficient (Wildman–Crippen LogP) is 4.37. The number of nitriles is 2. The average Bonchev–Trinajstić information content (AvgIpc) is 2.68. The van der Waals surface area contributed by atoms with Crippen LogP contribution in [0.25, 0.3) is 0 Å². The number of benzene rings is 1. The standard InChI is InChI=1S/C20H14BrN5O2/c1-12-5-15(9-23)6-13(2)20(12)28-17-7-19(26(27)11-16(17)21)25-18-4-3-14(8-22)10-24-18/h3-7,10-11H,1-2H3,(H,24,25). The van der Waals surface area contributed by atoms with Gasteiger partial charge in [-0.15, -0.1) is 0 Å². The zero-order chi connectivity index (χ0) is 20.3. The van der Waals surface area contributed by atoms with E-state index in [0.29, 0.717) is 37.6 Å². The fourth-order valence-corrected chi connectivity index (χ4v) is 2.99. The third kappa shape index (κ3) is 4.03. The number of anilines is 2. The highest BCUT2D eigenvalue weighted by Gasteiger charge is 2.16. The number of nitrogens with zero attached hydrogens (tertiary/aromatic N) is 4. The molecule has 0 radical (unpaired) electrons. The summed E-state index contributed by atoms with van der Waals surface area (Å²) in [6.45, 7) is 3.71. The van der Waals surface area contributed by atoms with Gasteiger partial charge in [0.05, 0.1) is 23.3 Å². The van der Waals surface area contributed by atoms with Crippen molar-refractivity contribution in [1.29, 1.82) is 10.5 Å². The van der Waals surface area contributed by atoms with Gasteiger partial charge in [0.15, 0.2) is 5.75 Å². The van der Waals surface area contributed by atoms with Crippen molar-refractivity contribution in [3.8, 4) is 23.6 Å². The second-order valence-corrected chi connectivity index (χ2v) is 6.87. The SMILES string of the molecule is Cc1cc(C#N)cc(C)c1Oc1cc(Nc2ccc(C#N)cn2)[n+]([O-])cc1Br. The topological polar surface area (TPSA) is 109 Å². The molecule has 0 bridgehead atoms. The summed E-state index contributed by atoms with van der Waals surface area (Å²) in [7, 11) is 0. The van der Waals surface area contributed by atoms with Crippen LogP contribution < -0.4 is 14.8 Å². The third-order valence-electron chi connectivity index (χ3n) is 3.92. The van der Waals surface area contributed by atoms with Crippen LogP contribution in [0.15, 0.2) is 47.2 Å². The van der Waals surface area contributed by atoms with Gasteiger partial charge in [-0.2, -0.15) is 10.5 Å². The lowest BCUT2D eigenvalue weighted by molar-refractivity contribution is -0.590. The molecule has 0 aliphatic heterocycles. The summed E-state index contributed by atoms with van der Waals surface area (Å²) in [6.07, 6.45) is 2.74. The molecule has 1 aromatic carbocycles. The molecule has 0 aliphatic rings. The number of pyridine rings is 2. The third-order valence-corrected chi connectivity index (χ3v) is 4.52. The summed E-state index contributed by atoms with van der Waals surface area (Å²) in [4.78, 5) is 4.10. The number of hydrogen-bond acceptors (Lipinski definition) is 6. The zero-order valence-corrected chi connectivity index (χ0v) is 16.6. The molecule has 0 spiro atoms. The monoisotopic (exact) mass is 435 g/mol. The number of ether oxygens (including phenoxy) is 1. The Labute approximate surface area is 170 Å². The van der Waals surface area contributed by atoms with Crippen molar-refractivity contribution in [2.45, 2.75) is 13.8 Å². The lowest BCUT2D eigenvalue weighted by atomic mass is 10.1. The maximum Gasteiger partial charge on any atom is 0.287 e. The van der Waals surface area contributed by atoms with Crippen molar-refractivity contribution in [2.24, 2.45) is 0 Å². The van der Waals surface area contributed by atoms with Gasteiger partial charge in [0.25, 0.3) is 5.82 Å². The van der Waals surface area contributed by atoms with Gasteiger partial charge in [0.2, 0.25) is 5.82 Å². The van der Waals surface area contributed by atoms with Crippen LogP contribution >= 0.6 is 15.9 Å². The van der Waals surface area contributed by atoms with Crippen molar-refractivity contribution < 1.29 is 9.47 Å². The molecule has 0 saturated carbocycles. The number of aryl methyl sites for hydroxylation is 2. The minimum absolute atomic E-state index is 0.208. The molecule has 138 valence electrons. The van der Waals surface area contributed by atoms with Gasteiger partial charge in [-0.25, -0.2) is 15.0 Å². The number of rotatable bonds is 4. The van der Waals surface area contributed by atoms with E-state index in [-0.39, 0.29) is 5.82 Å². The van der Waals surface area contributed by atoms with Gasteiger partial charge in [0, 0.05) is 12.3 Å². The second kappa shape index (κ2) is 7.95. The van der Waals surface area contributed by atoms with Crippen LogP contribution in [0.1, 0.15) is 22.3 Å². The minimum atomic E-state index is 0.208. The van der Waals surface area contributed by atoms with Crippen molar-refractivity contribution in [2.75, 3.05) is 5.32 Å². The molecule has 2 aromatic heterocycles. The summed E-state index contributed by atoms with van der Waals surface area (Å²) in [5.41, 5.74) is 2.60. The average molecular weight is 436 g/mol. The smallest absolute Gasteiger partial charge is 0.287 e. The van der Waals surface area contributed by atoms with Crippen molar-refractivity contribution in [3.63, 3.8) is 0 Å². The van der Waals surface area contributed by atoms with Crippen molar-refractivity contribution >= 4 is 27.6 Å². The van der Waals surface area contributed by atoms with E-state index >= 15 is 0 Å². The molecule has 3 rings (SSSR count). The van der Waals surface area contributed by atoms with E-state index in [0.717, 1.165) is 11.1 Å². The Morgan fingerprint density at radius 1 is 1.11 bits per heavy atom. The summed E-state index contributed by atoms with van der Waals surface area (Å²) in [5.74, 6) is 1.67. The Hall–Kier alpha value is -3.62. The lowest BCUT2D eigenvalue weighted by Gasteiger charge is -2.15. The molecule has 0 saturated heterocycles. The second-order valence-electron chi connectivity index (χ2n) is 6.02. The normalized spacial score (nSPS) is 10.0. The van der Waals surface area contributed by atoms with E-state index < -0.39 is 0 Å². The first-order valence-corrected chi connectivity index (χ1v) is 8.95. The Kier molecular flexibility index (Phi) is 5.44. The van der Waals surface area contributed by atoms with Crippen LogP contribution in [0.4, 0.5) is 11.6 Å². The molecule has 0 atom stereocenters. The molecule has 8 heteroatoms. The molecular weight excluding hydrogens is 422 g/mol. The van der Waals surface area contributed by atoms with E-state index in [9.17, 15) is 5.21 Å². The van der Waals surface area contributed by atoms with Crippen LogP contribution in [0.2, 0.25) is 0 Å². The molecular formula is C20H14BrN5O2. The number of hydrogen-bond donors (Lipinski definition) is 1. The van der Waals surface area contributed by atoms with Crippen LogP contribution in [-0.2, 0) is 0 Å².